The highest BCUT2D eigenvalue weighted by molar-refractivity contribution is 5.74. The third kappa shape index (κ3) is 3.62. The Balaban J connectivity index is 1.60. The molecule has 2 amide bonds. The summed E-state index contributed by atoms with van der Waals surface area (Å²) in [7, 11) is 1.58. The summed E-state index contributed by atoms with van der Waals surface area (Å²) >= 11 is 0. The van der Waals surface area contributed by atoms with Crippen molar-refractivity contribution >= 4 is 6.03 Å². The highest BCUT2D eigenvalue weighted by Gasteiger charge is 2.20. The number of amides is 2. The fraction of sp³-hybridized carbons (Fsp3) is 0.333. The minimum Gasteiger partial charge on any atom is -0.481 e. The molecule has 1 aromatic carbocycles. The Morgan fingerprint density at radius 1 is 1.30 bits per heavy atom. The van der Waals surface area contributed by atoms with Crippen molar-refractivity contribution in [2.45, 2.75) is 26.4 Å². The molecule has 0 saturated carbocycles. The van der Waals surface area contributed by atoms with Crippen LogP contribution in [-0.4, -0.2) is 29.6 Å². The molecule has 1 aromatic heterocycles. The summed E-state index contributed by atoms with van der Waals surface area (Å²) in [5.74, 6) is 0.555. The first kappa shape index (κ1) is 15.3. The third-order valence-electron chi connectivity index (χ3n) is 4.11. The maximum atomic E-state index is 12.4. The number of benzene rings is 1. The van der Waals surface area contributed by atoms with Gasteiger partial charge < -0.3 is 15.0 Å². The monoisotopic (exact) mass is 311 g/mol. The van der Waals surface area contributed by atoms with Gasteiger partial charge in [-0.15, -0.1) is 0 Å². The summed E-state index contributed by atoms with van der Waals surface area (Å²) in [4.78, 5) is 18.3. The number of hydrogen-bond acceptors (Lipinski definition) is 3. The Labute approximate surface area is 136 Å². The van der Waals surface area contributed by atoms with Gasteiger partial charge in [0.25, 0.3) is 0 Å². The zero-order valence-electron chi connectivity index (χ0n) is 13.5. The van der Waals surface area contributed by atoms with Crippen LogP contribution in [0.15, 0.2) is 36.5 Å². The van der Waals surface area contributed by atoms with Gasteiger partial charge in [0.1, 0.15) is 0 Å². The molecular weight excluding hydrogens is 290 g/mol. The van der Waals surface area contributed by atoms with Crippen LogP contribution in [0.3, 0.4) is 0 Å². The van der Waals surface area contributed by atoms with E-state index < -0.39 is 0 Å². The van der Waals surface area contributed by atoms with E-state index in [1.54, 1.807) is 13.3 Å². The largest absolute Gasteiger partial charge is 0.481 e. The number of ether oxygens (including phenoxy) is 1. The Hall–Kier alpha value is -2.56. The highest BCUT2D eigenvalue weighted by atomic mass is 16.5. The molecule has 0 spiro atoms. The van der Waals surface area contributed by atoms with Crippen molar-refractivity contribution in [3.05, 3.63) is 58.8 Å². The number of rotatable bonds is 3. The number of pyridine rings is 1. The Bertz CT molecular complexity index is 715. The molecule has 5 nitrogen and oxygen atoms in total. The van der Waals surface area contributed by atoms with E-state index in [1.165, 1.54) is 16.7 Å². The Morgan fingerprint density at radius 3 is 3.00 bits per heavy atom. The molecule has 1 aliphatic heterocycles. The second kappa shape index (κ2) is 6.69. The number of nitrogens with one attached hydrogen (secondary N) is 1. The number of carbonyl (C=O) groups excluding carboxylic acids is 1. The lowest BCUT2D eigenvalue weighted by Crippen LogP contribution is -2.42. The SMILES string of the molecule is COc1cc(CNC(=O)N2CCc3cc(C)ccc3C2)ccn1. The Morgan fingerprint density at radius 2 is 2.17 bits per heavy atom. The molecule has 1 aliphatic rings. The molecule has 0 fully saturated rings. The zero-order valence-corrected chi connectivity index (χ0v) is 13.5. The molecule has 2 heterocycles. The fourth-order valence-electron chi connectivity index (χ4n) is 2.82. The number of aryl methyl sites for hydroxylation is 1. The summed E-state index contributed by atoms with van der Waals surface area (Å²) < 4.78 is 5.09. The van der Waals surface area contributed by atoms with Gasteiger partial charge >= 0.3 is 6.03 Å². The van der Waals surface area contributed by atoms with Gasteiger partial charge in [0, 0.05) is 31.9 Å². The van der Waals surface area contributed by atoms with Gasteiger partial charge in [0.2, 0.25) is 5.88 Å². The number of aromatic nitrogens is 1. The van der Waals surface area contributed by atoms with Gasteiger partial charge in [-0.2, -0.15) is 0 Å². The van der Waals surface area contributed by atoms with Gasteiger partial charge in [-0.05, 0) is 36.1 Å². The zero-order chi connectivity index (χ0) is 16.2. The van der Waals surface area contributed by atoms with Crippen molar-refractivity contribution in [2.75, 3.05) is 13.7 Å². The van der Waals surface area contributed by atoms with Crippen molar-refractivity contribution in [1.82, 2.24) is 15.2 Å². The maximum absolute atomic E-state index is 12.4. The van der Waals surface area contributed by atoms with Crippen LogP contribution in [0, 0.1) is 6.92 Å². The van der Waals surface area contributed by atoms with Crippen molar-refractivity contribution in [1.29, 1.82) is 0 Å². The summed E-state index contributed by atoms with van der Waals surface area (Å²) in [5, 5.41) is 2.97. The first-order chi connectivity index (χ1) is 11.2. The molecule has 1 N–H and O–H groups in total. The average molecular weight is 311 g/mol. The van der Waals surface area contributed by atoms with E-state index in [-0.39, 0.29) is 6.03 Å². The summed E-state index contributed by atoms with van der Waals surface area (Å²) in [6.45, 7) is 3.99. The Kier molecular flexibility index (Phi) is 4.46. The number of carbonyl (C=O) groups is 1. The van der Waals surface area contributed by atoms with Gasteiger partial charge in [-0.3, -0.25) is 0 Å². The first-order valence-electron chi connectivity index (χ1n) is 7.76. The van der Waals surface area contributed by atoms with Crippen molar-refractivity contribution in [3.8, 4) is 5.88 Å². The van der Waals surface area contributed by atoms with Crippen molar-refractivity contribution in [2.24, 2.45) is 0 Å². The van der Waals surface area contributed by atoms with Crippen LogP contribution in [0.1, 0.15) is 22.3 Å². The van der Waals surface area contributed by atoms with Crippen LogP contribution >= 0.6 is 0 Å². The van der Waals surface area contributed by atoms with Gasteiger partial charge in [0.15, 0.2) is 0 Å². The predicted molar refractivity (Wildman–Crippen MR) is 88.3 cm³/mol. The third-order valence-corrected chi connectivity index (χ3v) is 4.11. The molecular formula is C18H21N3O2. The minimum atomic E-state index is -0.0352. The lowest BCUT2D eigenvalue weighted by molar-refractivity contribution is 0.192. The predicted octanol–water partition coefficient (Wildman–Crippen LogP) is 2.67. The number of nitrogens with zero attached hydrogens (tertiary/aromatic N) is 2. The van der Waals surface area contributed by atoms with E-state index in [4.69, 9.17) is 4.74 Å². The van der Waals surface area contributed by atoms with E-state index in [1.807, 2.05) is 17.0 Å². The van der Waals surface area contributed by atoms with E-state index >= 15 is 0 Å². The summed E-state index contributed by atoms with van der Waals surface area (Å²) in [6.07, 6.45) is 2.59. The number of urea groups is 1. The molecule has 2 aromatic rings. The average Bonchev–Trinajstić information content (AvgIpc) is 2.59. The second-order valence-electron chi connectivity index (χ2n) is 5.81. The normalized spacial score (nSPS) is 13.4. The van der Waals surface area contributed by atoms with E-state index in [0.717, 1.165) is 18.5 Å². The second-order valence-corrected chi connectivity index (χ2v) is 5.81. The van der Waals surface area contributed by atoms with Crippen LogP contribution in [0.5, 0.6) is 5.88 Å². The number of methoxy groups -OCH3 is 1. The van der Waals surface area contributed by atoms with Gasteiger partial charge in [-0.1, -0.05) is 23.8 Å². The van der Waals surface area contributed by atoms with Gasteiger partial charge in [0.05, 0.1) is 7.11 Å². The summed E-state index contributed by atoms with van der Waals surface area (Å²) in [5.41, 5.74) is 4.84. The standard InChI is InChI=1S/C18H21N3O2/c1-13-3-4-16-12-21(8-6-15(16)9-13)18(22)20-11-14-5-7-19-17(10-14)23-2/h3-5,7,9-10H,6,8,11-12H2,1-2H3,(H,20,22). The van der Waals surface area contributed by atoms with Crippen molar-refractivity contribution in [3.63, 3.8) is 0 Å². The van der Waals surface area contributed by atoms with Crippen LogP contribution < -0.4 is 10.1 Å². The van der Waals surface area contributed by atoms with Crippen LogP contribution in [0.25, 0.3) is 0 Å². The van der Waals surface area contributed by atoms with Crippen molar-refractivity contribution < 1.29 is 9.53 Å². The molecule has 0 saturated heterocycles. The molecule has 5 heteroatoms. The fourth-order valence-corrected chi connectivity index (χ4v) is 2.82. The molecule has 23 heavy (non-hydrogen) atoms. The summed E-state index contributed by atoms with van der Waals surface area (Å²) in [6, 6.07) is 10.1. The van der Waals surface area contributed by atoms with E-state index in [9.17, 15) is 4.79 Å². The van der Waals surface area contributed by atoms with Crippen LogP contribution in [0.2, 0.25) is 0 Å². The highest BCUT2D eigenvalue weighted by Crippen LogP contribution is 2.20. The molecule has 0 unspecified atom stereocenters. The smallest absolute Gasteiger partial charge is 0.317 e. The molecule has 3 rings (SSSR count). The first-order valence-corrected chi connectivity index (χ1v) is 7.76. The molecule has 0 radical (unpaired) electrons. The number of fused-ring (bicyclic) bond motifs is 1. The quantitative estimate of drug-likeness (QED) is 0.948. The van der Waals surface area contributed by atoms with Gasteiger partial charge in [-0.25, -0.2) is 9.78 Å². The minimum absolute atomic E-state index is 0.0352. The van der Waals surface area contributed by atoms with Crippen LogP contribution in [0.4, 0.5) is 4.79 Å². The lowest BCUT2D eigenvalue weighted by atomic mass is 9.98. The number of hydrogen-bond donors (Lipinski definition) is 1. The molecule has 0 atom stereocenters. The van der Waals surface area contributed by atoms with Crippen LogP contribution in [-0.2, 0) is 19.5 Å². The van der Waals surface area contributed by atoms with E-state index in [0.29, 0.717) is 19.0 Å². The lowest BCUT2D eigenvalue weighted by Gasteiger charge is -2.29. The topological polar surface area (TPSA) is 54.5 Å². The molecule has 120 valence electrons. The molecule has 0 aliphatic carbocycles. The maximum Gasteiger partial charge on any atom is 0.317 e. The van der Waals surface area contributed by atoms with E-state index in [2.05, 4.69) is 35.4 Å². The molecule has 0 bridgehead atoms.